The number of esters is 4. The minimum atomic E-state index is -0.398. The number of aliphatic hydroxyl groups is 1. The average Bonchev–Trinajstić information content (AvgIpc) is 3.03. The van der Waals surface area contributed by atoms with Gasteiger partial charge in [0, 0.05) is 19.6 Å². The van der Waals surface area contributed by atoms with Crippen LogP contribution in [0.1, 0.15) is 25.7 Å². The first-order valence-electron chi connectivity index (χ1n) is 10.1. The molecule has 0 spiro atoms. The van der Waals surface area contributed by atoms with Crippen molar-refractivity contribution >= 4 is 23.9 Å². The van der Waals surface area contributed by atoms with Crippen molar-refractivity contribution in [1.82, 2.24) is 14.7 Å². The summed E-state index contributed by atoms with van der Waals surface area (Å²) in [6.45, 7) is 3.08. The molecule has 1 aliphatic heterocycles. The Hall–Kier alpha value is -2.08. The largest absolute Gasteiger partial charge is 0.464 e. The first-order chi connectivity index (χ1) is 14.5. The second-order valence-electron chi connectivity index (χ2n) is 7.42. The van der Waals surface area contributed by atoms with Gasteiger partial charge < -0.3 is 34.0 Å². The molecule has 0 bridgehead atoms. The molecule has 0 aromatic heterocycles. The molecule has 1 saturated heterocycles. The first-order valence-corrected chi connectivity index (χ1v) is 10.1. The lowest BCUT2D eigenvalue weighted by Gasteiger charge is -2.10. The van der Waals surface area contributed by atoms with Gasteiger partial charge >= 0.3 is 23.9 Å². The highest BCUT2D eigenvalue weighted by Crippen LogP contribution is 2.04. The normalized spacial score (nSPS) is 12.7. The third-order valence-electron chi connectivity index (χ3n) is 3.44. The van der Waals surface area contributed by atoms with Crippen molar-refractivity contribution in [2.75, 3.05) is 81.7 Å². The van der Waals surface area contributed by atoms with Gasteiger partial charge in [0.2, 0.25) is 0 Å². The molecule has 1 heterocycles. The summed E-state index contributed by atoms with van der Waals surface area (Å²) in [4.78, 5) is 48.3. The fourth-order valence-corrected chi connectivity index (χ4v) is 1.67. The van der Waals surface area contributed by atoms with Crippen molar-refractivity contribution in [2.24, 2.45) is 0 Å². The van der Waals surface area contributed by atoms with E-state index >= 15 is 0 Å². The van der Waals surface area contributed by atoms with E-state index < -0.39 is 11.9 Å². The molecule has 11 heteroatoms. The maximum Gasteiger partial charge on any atom is 0.314 e. The van der Waals surface area contributed by atoms with Crippen LogP contribution >= 0.6 is 0 Å². The second-order valence-corrected chi connectivity index (χ2v) is 7.42. The third kappa shape index (κ3) is 25.9. The van der Waals surface area contributed by atoms with Gasteiger partial charge in [0.05, 0.1) is 32.3 Å². The number of hydrogen-bond donors (Lipinski definition) is 1. The Labute approximate surface area is 185 Å². The van der Waals surface area contributed by atoms with Gasteiger partial charge in [-0.25, -0.2) is 0 Å². The summed E-state index contributed by atoms with van der Waals surface area (Å²) in [5, 5.41) is 8.20. The Bertz CT molecular complexity index is 485. The highest BCUT2D eigenvalue weighted by Gasteiger charge is 2.19. The fourth-order valence-electron chi connectivity index (χ4n) is 1.67. The molecule has 0 amide bonds. The van der Waals surface area contributed by atoms with Crippen molar-refractivity contribution in [3.8, 4) is 0 Å². The van der Waals surface area contributed by atoms with Gasteiger partial charge in [0.25, 0.3) is 0 Å². The number of cyclic esters (lactones) is 2. The van der Waals surface area contributed by atoms with Crippen LogP contribution < -0.4 is 0 Å². The highest BCUT2D eigenvalue weighted by atomic mass is 16.6. The first kappa shape index (κ1) is 31.1. The van der Waals surface area contributed by atoms with E-state index in [1.807, 2.05) is 57.0 Å². The number of aliphatic hydroxyl groups excluding tert-OH is 1. The lowest BCUT2D eigenvalue weighted by molar-refractivity contribution is -0.152. The molecule has 1 N–H and O–H groups in total. The number of nitrogens with zero attached hydrogens (tertiary/aromatic N) is 3. The molecule has 1 aliphatic rings. The van der Waals surface area contributed by atoms with Crippen LogP contribution in [0.25, 0.3) is 0 Å². The van der Waals surface area contributed by atoms with E-state index in [9.17, 15) is 19.2 Å². The average molecular weight is 450 g/mol. The molecular weight excluding hydrogens is 410 g/mol. The molecule has 1 rings (SSSR count). The maximum absolute atomic E-state index is 11.3. The predicted octanol–water partition coefficient (Wildman–Crippen LogP) is -0.633. The van der Waals surface area contributed by atoms with E-state index in [-0.39, 0.29) is 44.2 Å². The lowest BCUT2D eigenvalue weighted by Crippen LogP contribution is -2.21. The van der Waals surface area contributed by atoms with Crippen molar-refractivity contribution in [3.05, 3.63) is 0 Å². The summed E-state index contributed by atoms with van der Waals surface area (Å²) in [5.74, 6) is -1.52. The number of ether oxygens (including phenoxy) is 3. The van der Waals surface area contributed by atoms with Crippen LogP contribution in [0.5, 0.6) is 0 Å². The summed E-state index contributed by atoms with van der Waals surface area (Å²) < 4.78 is 14.0. The molecule has 0 aromatic carbocycles. The van der Waals surface area contributed by atoms with E-state index in [0.29, 0.717) is 26.3 Å². The summed E-state index contributed by atoms with van der Waals surface area (Å²) in [6, 6.07) is 0. The summed E-state index contributed by atoms with van der Waals surface area (Å²) in [5.41, 5.74) is 0. The SMILES string of the molecule is CN(C)CCO.CN(C)CCOC(=O)CCC(=O)OCCN(C)C.O=C1CCC(=O)O1. The molecule has 31 heavy (non-hydrogen) atoms. The zero-order valence-corrected chi connectivity index (χ0v) is 19.7. The van der Waals surface area contributed by atoms with Gasteiger partial charge in [-0.05, 0) is 42.3 Å². The quantitative estimate of drug-likeness (QED) is 0.246. The summed E-state index contributed by atoms with van der Waals surface area (Å²) in [6.07, 6.45) is 0.681. The number of carbonyl (C=O) groups is 4. The van der Waals surface area contributed by atoms with Crippen LogP contribution in [0.4, 0.5) is 0 Å². The Morgan fingerprint density at radius 2 is 1.13 bits per heavy atom. The lowest BCUT2D eigenvalue weighted by atomic mass is 10.3. The standard InChI is InChI=1S/C12H24N2O4.C4H11NO.C4H4O3/c1-13(2)7-9-17-11(15)5-6-12(16)18-10-8-14(3)4;1-5(2)3-4-6;5-3-1-2-4(6)7-3/h5-10H2,1-4H3;6H,3-4H2,1-2H3;1-2H2. The van der Waals surface area contributed by atoms with Gasteiger partial charge in [-0.3, -0.25) is 19.2 Å². The highest BCUT2D eigenvalue weighted by molar-refractivity contribution is 5.92. The van der Waals surface area contributed by atoms with Crippen LogP contribution in [0, 0.1) is 0 Å². The van der Waals surface area contributed by atoms with E-state index in [1.165, 1.54) is 0 Å². The Morgan fingerprint density at radius 1 is 0.774 bits per heavy atom. The summed E-state index contributed by atoms with van der Waals surface area (Å²) in [7, 11) is 11.4. The molecule has 11 nitrogen and oxygen atoms in total. The van der Waals surface area contributed by atoms with Crippen molar-refractivity contribution in [2.45, 2.75) is 25.7 Å². The fraction of sp³-hybridized carbons (Fsp3) is 0.800. The number of rotatable bonds is 11. The minimum Gasteiger partial charge on any atom is -0.464 e. The monoisotopic (exact) mass is 449 g/mol. The molecule has 182 valence electrons. The van der Waals surface area contributed by atoms with E-state index in [4.69, 9.17) is 14.6 Å². The van der Waals surface area contributed by atoms with Crippen LogP contribution in [-0.2, 0) is 33.4 Å². The van der Waals surface area contributed by atoms with Gasteiger partial charge in [-0.2, -0.15) is 0 Å². The minimum absolute atomic E-state index is 0.0776. The van der Waals surface area contributed by atoms with Gasteiger partial charge in [-0.1, -0.05) is 0 Å². The zero-order chi connectivity index (χ0) is 24.2. The molecule has 0 radical (unpaired) electrons. The molecule has 0 unspecified atom stereocenters. The molecular formula is C20H39N3O8. The van der Waals surface area contributed by atoms with Gasteiger partial charge in [-0.15, -0.1) is 0 Å². The van der Waals surface area contributed by atoms with Crippen LogP contribution in [0.2, 0.25) is 0 Å². The van der Waals surface area contributed by atoms with E-state index in [2.05, 4.69) is 4.74 Å². The van der Waals surface area contributed by atoms with Crippen molar-refractivity contribution in [1.29, 1.82) is 0 Å². The van der Waals surface area contributed by atoms with Crippen molar-refractivity contribution in [3.63, 3.8) is 0 Å². The van der Waals surface area contributed by atoms with Crippen LogP contribution in [-0.4, -0.2) is 125 Å². The van der Waals surface area contributed by atoms with Gasteiger partial charge in [0.1, 0.15) is 13.2 Å². The van der Waals surface area contributed by atoms with E-state index in [0.717, 1.165) is 6.54 Å². The molecule has 0 saturated carbocycles. The predicted molar refractivity (Wildman–Crippen MR) is 114 cm³/mol. The maximum atomic E-state index is 11.3. The van der Waals surface area contributed by atoms with Crippen LogP contribution in [0.3, 0.4) is 0 Å². The molecule has 0 aromatic rings. The molecule has 0 atom stereocenters. The Kier molecular flexibility index (Phi) is 19.9. The Balaban J connectivity index is 0. The summed E-state index contributed by atoms with van der Waals surface area (Å²) >= 11 is 0. The zero-order valence-electron chi connectivity index (χ0n) is 19.7. The molecule has 1 fully saturated rings. The Morgan fingerprint density at radius 3 is 1.32 bits per heavy atom. The number of carbonyl (C=O) groups excluding carboxylic acids is 4. The van der Waals surface area contributed by atoms with Crippen molar-refractivity contribution < 1.29 is 38.5 Å². The topological polar surface area (TPSA) is 126 Å². The van der Waals surface area contributed by atoms with E-state index in [1.54, 1.807) is 0 Å². The number of likely N-dealkylation sites (N-methyl/N-ethyl adjacent to an activating group) is 3. The number of hydrogen-bond acceptors (Lipinski definition) is 11. The smallest absolute Gasteiger partial charge is 0.314 e. The molecule has 0 aliphatic carbocycles. The second kappa shape index (κ2) is 19.9. The van der Waals surface area contributed by atoms with Gasteiger partial charge in [0.15, 0.2) is 0 Å². The van der Waals surface area contributed by atoms with Crippen LogP contribution in [0.15, 0.2) is 0 Å². The third-order valence-corrected chi connectivity index (χ3v) is 3.44.